The number of fused-ring (bicyclic) bond motifs is 7. The molecule has 0 amide bonds. The van der Waals surface area contributed by atoms with Gasteiger partial charge in [-0.2, -0.15) is 0 Å². The van der Waals surface area contributed by atoms with Gasteiger partial charge in [-0.25, -0.2) is 0 Å². The van der Waals surface area contributed by atoms with E-state index >= 15 is 0 Å². The summed E-state index contributed by atoms with van der Waals surface area (Å²) >= 11 is 0. The zero-order chi connectivity index (χ0) is 36.8. The Balaban J connectivity index is 1.06. The highest BCUT2D eigenvalue weighted by Crippen LogP contribution is 2.78. The maximum atomic E-state index is 10.9. The van der Waals surface area contributed by atoms with Crippen LogP contribution in [-0.4, -0.2) is 97.2 Å². The highest BCUT2D eigenvalue weighted by atomic mass is 16.5. The van der Waals surface area contributed by atoms with Gasteiger partial charge in [0.15, 0.2) is 0 Å². The van der Waals surface area contributed by atoms with Crippen molar-refractivity contribution in [2.45, 2.75) is 180 Å². The van der Waals surface area contributed by atoms with E-state index in [1.807, 2.05) is 0 Å². The normalized spacial score (nSPS) is 52.3. The van der Waals surface area contributed by atoms with Crippen molar-refractivity contribution in [3.8, 4) is 0 Å². The van der Waals surface area contributed by atoms with Crippen molar-refractivity contribution in [2.75, 3.05) is 13.2 Å². The van der Waals surface area contributed by atoms with E-state index in [-0.39, 0.29) is 0 Å². The molecule has 9 nitrogen and oxygen atoms in total. The summed E-state index contributed by atoms with van der Waals surface area (Å²) in [4.78, 5) is 0. The summed E-state index contributed by atoms with van der Waals surface area (Å²) in [5.41, 5.74) is 5.67. The number of hydrogen-bond acceptors (Lipinski definition) is 9. The molecule has 0 aromatic rings. The third kappa shape index (κ3) is 5.72. The summed E-state index contributed by atoms with van der Waals surface area (Å²) in [5, 5.41) is 72.9. The number of nitrogens with two attached hydrogens (primary N) is 1. The fourth-order valence-electron chi connectivity index (χ4n) is 15.0. The topological polar surface area (TPSA) is 177 Å². The number of ether oxygens (including phenoxy) is 1. The van der Waals surface area contributed by atoms with Crippen LogP contribution in [0.25, 0.3) is 0 Å². The standard InChI is InChI=1S/C41H73NO8/c1-23(9-10-26(44)32(46)27(45)21-50-35-31(42)33(47)34(48)41(35,49)22-43)24-13-18-37(4)25(24)14-19-39(6)29(37)11-12-30-38(5)17-8-16-36(2,3)28(38)15-20-40(30,39)7/h23-35,43-49H,8-22,42H2,1-7H3/t23-,24+,25+,26-,27+,28+,29-,30-,31-,32-,33-,34+,35+,37-,38-,39-,40-,41-/m1/s1. The van der Waals surface area contributed by atoms with Crippen LogP contribution in [0.3, 0.4) is 0 Å². The molecule has 0 aliphatic heterocycles. The van der Waals surface area contributed by atoms with Gasteiger partial charge in [-0.05, 0) is 140 Å². The second-order valence-corrected chi connectivity index (χ2v) is 20.4. The van der Waals surface area contributed by atoms with Crippen molar-refractivity contribution in [3.05, 3.63) is 0 Å². The van der Waals surface area contributed by atoms with Crippen LogP contribution in [0.4, 0.5) is 0 Å². The smallest absolute Gasteiger partial charge is 0.144 e. The van der Waals surface area contributed by atoms with E-state index in [9.17, 15) is 35.7 Å². The highest BCUT2D eigenvalue weighted by molar-refractivity contribution is 5.19. The molecule has 9 heteroatoms. The SMILES string of the molecule is C[C@H](CC[C@@H](O)[C@@H](O)[C@@H](O)CO[C@H]1[C@H](N)[C@@H](O)[C@H](O)[C@]1(O)CO)[C@@H]1CC[C@@]2(C)[C@H]3CC[C@@H]4[C@]5(C)CCCC(C)(C)[C@@H]5CC[C@@]4(C)[C@]3(C)CC[C@@H]12. The van der Waals surface area contributed by atoms with Crippen molar-refractivity contribution in [1.82, 2.24) is 0 Å². The van der Waals surface area contributed by atoms with Crippen LogP contribution in [0.5, 0.6) is 0 Å². The van der Waals surface area contributed by atoms with E-state index in [2.05, 4.69) is 48.5 Å². The molecule has 0 bridgehead atoms. The Bertz CT molecular complexity index is 1220. The van der Waals surface area contributed by atoms with Crippen molar-refractivity contribution in [3.63, 3.8) is 0 Å². The van der Waals surface area contributed by atoms with Crippen molar-refractivity contribution in [1.29, 1.82) is 0 Å². The number of aliphatic hydroxyl groups excluding tert-OH is 6. The molecule has 0 spiro atoms. The first kappa shape index (κ1) is 39.3. The predicted molar refractivity (Wildman–Crippen MR) is 193 cm³/mol. The molecule has 6 fully saturated rings. The fraction of sp³-hybridized carbons (Fsp3) is 1.00. The Morgan fingerprint density at radius 2 is 1.36 bits per heavy atom. The third-order valence-electron chi connectivity index (χ3n) is 18.0. The molecule has 0 aromatic carbocycles. The Morgan fingerprint density at radius 3 is 2.00 bits per heavy atom. The first-order chi connectivity index (χ1) is 23.2. The maximum absolute atomic E-state index is 10.9. The molecule has 6 rings (SSSR count). The van der Waals surface area contributed by atoms with Crippen LogP contribution in [0.15, 0.2) is 0 Å². The first-order valence-electron chi connectivity index (χ1n) is 20.3. The highest BCUT2D eigenvalue weighted by Gasteiger charge is 2.70. The molecule has 6 saturated carbocycles. The van der Waals surface area contributed by atoms with E-state index in [0.717, 1.165) is 24.2 Å². The molecule has 290 valence electrons. The van der Waals surface area contributed by atoms with Crippen LogP contribution in [0, 0.1) is 62.6 Å². The second kappa shape index (κ2) is 13.4. The first-order valence-corrected chi connectivity index (χ1v) is 20.3. The number of hydrogen-bond donors (Lipinski definition) is 8. The summed E-state index contributed by atoms with van der Waals surface area (Å²) in [6, 6.07) is -1.20. The molecule has 18 atom stereocenters. The van der Waals surface area contributed by atoms with Crippen molar-refractivity contribution >= 4 is 0 Å². The molecule has 9 N–H and O–H groups in total. The summed E-state index contributed by atoms with van der Waals surface area (Å²) in [7, 11) is 0. The lowest BCUT2D eigenvalue weighted by Gasteiger charge is -2.73. The fourth-order valence-corrected chi connectivity index (χ4v) is 15.0. The Labute approximate surface area is 301 Å². The van der Waals surface area contributed by atoms with Gasteiger partial charge in [-0.3, -0.25) is 0 Å². The monoisotopic (exact) mass is 708 g/mol. The summed E-state index contributed by atoms with van der Waals surface area (Å²) in [6.45, 7) is 16.8. The lowest BCUT2D eigenvalue weighted by atomic mass is 9.32. The van der Waals surface area contributed by atoms with Gasteiger partial charge >= 0.3 is 0 Å². The quantitative estimate of drug-likeness (QED) is 0.166. The molecule has 50 heavy (non-hydrogen) atoms. The van der Waals surface area contributed by atoms with Crippen LogP contribution < -0.4 is 5.73 Å². The van der Waals surface area contributed by atoms with Crippen LogP contribution in [0.1, 0.15) is 132 Å². The average Bonchev–Trinajstić information content (AvgIpc) is 3.49. The number of rotatable bonds is 10. The van der Waals surface area contributed by atoms with Crippen molar-refractivity contribution < 1.29 is 40.5 Å². The van der Waals surface area contributed by atoms with E-state index in [1.165, 1.54) is 70.6 Å². The van der Waals surface area contributed by atoms with Crippen molar-refractivity contribution in [2.24, 2.45) is 68.3 Å². The molecular formula is C41H73NO8. The molecule has 0 unspecified atom stereocenters. The Hall–Kier alpha value is -0.360. The van der Waals surface area contributed by atoms with Crippen LogP contribution >= 0.6 is 0 Å². The Morgan fingerprint density at radius 1 is 0.740 bits per heavy atom. The van der Waals surface area contributed by atoms with E-state index in [4.69, 9.17) is 10.5 Å². The predicted octanol–water partition coefficient (Wildman–Crippen LogP) is 4.15. The average molecular weight is 708 g/mol. The maximum Gasteiger partial charge on any atom is 0.144 e. The van der Waals surface area contributed by atoms with Crippen LogP contribution in [-0.2, 0) is 4.74 Å². The largest absolute Gasteiger partial charge is 0.393 e. The van der Waals surface area contributed by atoms with Gasteiger partial charge in [-0.15, -0.1) is 0 Å². The lowest BCUT2D eigenvalue weighted by molar-refractivity contribution is -0.241. The van der Waals surface area contributed by atoms with Gasteiger partial charge in [-0.1, -0.05) is 54.9 Å². The Kier molecular flexibility index (Phi) is 10.6. The van der Waals surface area contributed by atoms with Gasteiger partial charge in [0, 0.05) is 0 Å². The van der Waals surface area contributed by atoms with Gasteiger partial charge in [0.1, 0.15) is 36.1 Å². The molecular weight excluding hydrogens is 634 g/mol. The van der Waals surface area contributed by atoms with E-state index in [1.54, 1.807) is 0 Å². The summed E-state index contributed by atoms with van der Waals surface area (Å²) < 4.78 is 5.53. The van der Waals surface area contributed by atoms with E-state index in [0.29, 0.717) is 51.2 Å². The minimum atomic E-state index is -2.20. The van der Waals surface area contributed by atoms with E-state index < -0.39 is 61.5 Å². The third-order valence-corrected chi connectivity index (χ3v) is 18.0. The molecule has 6 aliphatic rings. The van der Waals surface area contributed by atoms with Gasteiger partial charge in [0.25, 0.3) is 0 Å². The molecule has 6 aliphatic carbocycles. The number of aliphatic hydroxyl groups is 7. The minimum Gasteiger partial charge on any atom is -0.393 e. The second-order valence-electron chi connectivity index (χ2n) is 20.4. The summed E-state index contributed by atoms with van der Waals surface area (Å²) in [6.07, 6.45) is 7.11. The molecule has 0 radical (unpaired) electrons. The minimum absolute atomic E-state index is 0.327. The zero-order valence-corrected chi connectivity index (χ0v) is 32.2. The van der Waals surface area contributed by atoms with Crippen LogP contribution in [0.2, 0.25) is 0 Å². The van der Waals surface area contributed by atoms with Gasteiger partial charge < -0.3 is 46.2 Å². The zero-order valence-electron chi connectivity index (χ0n) is 32.2. The molecule has 0 saturated heterocycles. The van der Waals surface area contributed by atoms with Gasteiger partial charge in [0.2, 0.25) is 0 Å². The van der Waals surface area contributed by atoms with Gasteiger partial charge in [0.05, 0.1) is 25.4 Å². The molecule has 0 heterocycles. The summed E-state index contributed by atoms with van der Waals surface area (Å²) in [5.74, 6) is 4.03. The molecule has 0 aromatic heterocycles. The lowest BCUT2D eigenvalue weighted by Crippen LogP contribution is -2.65.